The Morgan fingerprint density at radius 1 is 1.00 bits per heavy atom. The minimum atomic E-state index is -0.456. The van der Waals surface area contributed by atoms with Crippen LogP contribution in [0, 0.1) is 6.92 Å². The van der Waals surface area contributed by atoms with Crippen molar-refractivity contribution in [3.8, 4) is 0 Å². The van der Waals surface area contributed by atoms with Crippen LogP contribution in [0.4, 0.5) is 0 Å². The van der Waals surface area contributed by atoms with Gasteiger partial charge in [0, 0.05) is 11.1 Å². The van der Waals surface area contributed by atoms with E-state index in [4.69, 9.17) is 0 Å². The van der Waals surface area contributed by atoms with Crippen LogP contribution in [0.15, 0.2) is 36.4 Å². The number of esters is 1. The molecule has 2 aromatic rings. The number of hydrogen-bond donors (Lipinski definition) is 0. The number of aryl methyl sites for hydroxylation is 2. The monoisotopic (exact) mass is 378 g/mol. The first-order valence-corrected chi connectivity index (χ1v) is 9.62. The Morgan fingerprint density at radius 3 is 2.29 bits per heavy atom. The van der Waals surface area contributed by atoms with Crippen molar-refractivity contribution >= 4 is 17.5 Å². The molecular weight excluding hydrogens is 352 g/mol. The number of Topliss-reactive ketones (excluding diaryl/α,β-unsaturated/α-hetero) is 2. The lowest BCUT2D eigenvalue weighted by Gasteiger charge is -2.33. The summed E-state index contributed by atoms with van der Waals surface area (Å²) in [6.07, 6.45) is 3.12. The van der Waals surface area contributed by atoms with Gasteiger partial charge in [-0.15, -0.1) is 0 Å². The van der Waals surface area contributed by atoms with Gasteiger partial charge in [-0.1, -0.05) is 32.0 Å². The fraction of sp³-hybridized carbons (Fsp3) is 0.375. The van der Waals surface area contributed by atoms with Crippen molar-refractivity contribution in [1.29, 1.82) is 0 Å². The molecule has 28 heavy (non-hydrogen) atoms. The van der Waals surface area contributed by atoms with Crippen LogP contribution in [-0.4, -0.2) is 24.6 Å². The summed E-state index contributed by atoms with van der Waals surface area (Å²) in [6.45, 7) is 6.36. The normalized spacial score (nSPS) is 14.9. The van der Waals surface area contributed by atoms with Crippen molar-refractivity contribution < 1.29 is 19.1 Å². The zero-order chi connectivity index (χ0) is 20.5. The number of carbonyl (C=O) groups excluding carboxylic acids is 3. The average molecular weight is 378 g/mol. The van der Waals surface area contributed by atoms with E-state index in [0.717, 1.165) is 24.8 Å². The third kappa shape index (κ3) is 3.91. The average Bonchev–Trinajstić information content (AvgIpc) is 2.66. The van der Waals surface area contributed by atoms with Crippen LogP contribution in [0.5, 0.6) is 0 Å². The summed E-state index contributed by atoms with van der Waals surface area (Å²) >= 11 is 0. The first-order valence-electron chi connectivity index (χ1n) is 9.62. The first kappa shape index (κ1) is 20.0. The maximum Gasteiger partial charge on any atom is 0.337 e. The van der Waals surface area contributed by atoms with Crippen molar-refractivity contribution in [3.63, 3.8) is 0 Å². The molecule has 4 heteroatoms. The van der Waals surface area contributed by atoms with Gasteiger partial charge in [-0.3, -0.25) is 9.59 Å². The number of fused-ring (bicyclic) bond motifs is 1. The Balaban J connectivity index is 1.81. The van der Waals surface area contributed by atoms with Crippen LogP contribution in [-0.2, 0) is 16.6 Å². The van der Waals surface area contributed by atoms with E-state index in [-0.39, 0.29) is 23.4 Å². The number of methoxy groups -OCH3 is 1. The molecule has 0 fully saturated rings. The Kier molecular flexibility index (Phi) is 5.50. The molecule has 0 spiro atoms. The lowest BCUT2D eigenvalue weighted by molar-refractivity contribution is 0.0600. The molecule has 146 valence electrons. The zero-order valence-electron chi connectivity index (χ0n) is 16.9. The van der Waals surface area contributed by atoms with Crippen molar-refractivity contribution in [2.24, 2.45) is 0 Å². The summed E-state index contributed by atoms with van der Waals surface area (Å²) in [4.78, 5) is 36.9. The van der Waals surface area contributed by atoms with Gasteiger partial charge in [-0.05, 0) is 66.5 Å². The van der Waals surface area contributed by atoms with E-state index in [1.54, 1.807) is 12.1 Å². The van der Waals surface area contributed by atoms with E-state index < -0.39 is 5.97 Å². The maximum atomic E-state index is 12.9. The Hall–Kier alpha value is -2.75. The van der Waals surface area contributed by atoms with Gasteiger partial charge >= 0.3 is 5.97 Å². The number of carbonyl (C=O) groups is 3. The fourth-order valence-corrected chi connectivity index (χ4v) is 4.01. The molecule has 1 aliphatic carbocycles. The second kappa shape index (κ2) is 7.70. The van der Waals surface area contributed by atoms with E-state index in [1.165, 1.54) is 30.4 Å². The van der Waals surface area contributed by atoms with E-state index in [9.17, 15) is 14.4 Å². The van der Waals surface area contributed by atoms with Crippen LogP contribution in [0.25, 0.3) is 0 Å². The van der Waals surface area contributed by atoms with Crippen molar-refractivity contribution in [2.75, 3.05) is 7.11 Å². The molecular formula is C24H26O4. The largest absolute Gasteiger partial charge is 0.465 e. The van der Waals surface area contributed by atoms with Gasteiger partial charge < -0.3 is 4.74 Å². The molecule has 0 saturated carbocycles. The number of rotatable bonds is 5. The highest BCUT2D eigenvalue weighted by molar-refractivity contribution is 6.14. The lowest BCUT2D eigenvalue weighted by Crippen LogP contribution is -2.25. The highest BCUT2D eigenvalue weighted by Crippen LogP contribution is 2.38. The molecule has 4 nitrogen and oxygen atoms in total. The third-order valence-electron chi connectivity index (χ3n) is 5.68. The van der Waals surface area contributed by atoms with Gasteiger partial charge in [0.15, 0.2) is 11.6 Å². The van der Waals surface area contributed by atoms with Gasteiger partial charge in [0.25, 0.3) is 0 Å². The lowest BCUT2D eigenvalue weighted by atomic mass is 9.71. The molecule has 1 aliphatic rings. The van der Waals surface area contributed by atoms with Gasteiger partial charge in [-0.2, -0.15) is 0 Å². The summed E-state index contributed by atoms with van der Waals surface area (Å²) < 4.78 is 4.66. The number of ketones is 2. The minimum Gasteiger partial charge on any atom is -0.465 e. The van der Waals surface area contributed by atoms with Crippen molar-refractivity contribution in [2.45, 2.75) is 51.9 Å². The molecule has 0 aliphatic heterocycles. The molecule has 0 radical (unpaired) electrons. The second-order valence-electron chi connectivity index (χ2n) is 8.15. The smallest absolute Gasteiger partial charge is 0.337 e. The molecule has 0 atom stereocenters. The van der Waals surface area contributed by atoms with Gasteiger partial charge in [-0.25, -0.2) is 4.79 Å². The maximum absolute atomic E-state index is 12.9. The predicted octanol–water partition coefficient (Wildman–Crippen LogP) is 4.85. The fourth-order valence-electron chi connectivity index (χ4n) is 4.01. The van der Waals surface area contributed by atoms with E-state index in [0.29, 0.717) is 16.7 Å². The molecule has 0 N–H and O–H groups in total. The Labute approximate surface area is 165 Å². The van der Waals surface area contributed by atoms with E-state index in [2.05, 4.69) is 24.7 Å². The Bertz CT molecular complexity index is 936. The third-order valence-corrected chi connectivity index (χ3v) is 5.68. The quantitative estimate of drug-likeness (QED) is 0.424. The summed E-state index contributed by atoms with van der Waals surface area (Å²) in [5.41, 5.74) is 4.93. The minimum absolute atomic E-state index is 0.0457. The number of benzene rings is 2. The van der Waals surface area contributed by atoms with Gasteiger partial charge in [0.05, 0.1) is 19.1 Å². The van der Waals surface area contributed by atoms with Gasteiger partial charge in [0.1, 0.15) is 0 Å². The molecule has 2 aromatic carbocycles. The molecule has 0 heterocycles. The molecule has 3 rings (SSSR count). The SMILES string of the molecule is COC(=O)c1ccc(C(=O)CC(=O)c2cc3c(cc2C)CCCC3(C)C)cc1. The molecule has 0 bridgehead atoms. The molecule has 0 amide bonds. The number of hydrogen-bond acceptors (Lipinski definition) is 4. The zero-order valence-corrected chi connectivity index (χ0v) is 16.9. The van der Waals surface area contributed by atoms with Crippen LogP contribution >= 0.6 is 0 Å². The highest BCUT2D eigenvalue weighted by Gasteiger charge is 2.29. The molecule has 0 aromatic heterocycles. The van der Waals surface area contributed by atoms with E-state index in [1.807, 2.05) is 13.0 Å². The topological polar surface area (TPSA) is 60.4 Å². The predicted molar refractivity (Wildman–Crippen MR) is 108 cm³/mol. The van der Waals surface area contributed by atoms with Gasteiger partial charge in [0.2, 0.25) is 0 Å². The summed E-state index contributed by atoms with van der Waals surface area (Å²) in [5.74, 6) is -0.871. The van der Waals surface area contributed by atoms with Crippen LogP contribution in [0.1, 0.15) is 80.9 Å². The summed E-state index contributed by atoms with van der Waals surface area (Å²) in [5, 5.41) is 0. The second-order valence-corrected chi connectivity index (χ2v) is 8.15. The highest BCUT2D eigenvalue weighted by atomic mass is 16.5. The van der Waals surface area contributed by atoms with E-state index >= 15 is 0 Å². The van der Waals surface area contributed by atoms with Crippen LogP contribution in [0.2, 0.25) is 0 Å². The Morgan fingerprint density at radius 2 is 1.64 bits per heavy atom. The van der Waals surface area contributed by atoms with Crippen LogP contribution < -0.4 is 0 Å². The summed E-state index contributed by atoms with van der Waals surface area (Å²) in [7, 11) is 1.31. The number of ether oxygens (including phenoxy) is 1. The summed E-state index contributed by atoms with van der Waals surface area (Å²) in [6, 6.07) is 10.3. The first-order chi connectivity index (χ1) is 13.2. The molecule has 0 unspecified atom stereocenters. The molecule has 0 saturated heterocycles. The van der Waals surface area contributed by atoms with Crippen molar-refractivity contribution in [1.82, 2.24) is 0 Å². The standard InChI is InChI=1S/C24H26O4/c1-15-12-18-6-5-11-24(2,3)20(18)13-19(15)22(26)14-21(25)16-7-9-17(10-8-16)23(27)28-4/h7-10,12-13H,5-6,11,14H2,1-4H3. The van der Waals surface area contributed by atoms with Crippen LogP contribution in [0.3, 0.4) is 0 Å². The van der Waals surface area contributed by atoms with Crippen molar-refractivity contribution in [3.05, 3.63) is 69.8 Å².